The highest BCUT2D eigenvalue weighted by Gasteiger charge is 2.37. The van der Waals surface area contributed by atoms with E-state index in [2.05, 4.69) is 231 Å². The zero-order chi connectivity index (χ0) is 37.6. The normalized spacial score (nSPS) is 12.6. The second-order valence-electron chi connectivity index (χ2n) is 15.4. The Hall–Kier alpha value is -6.96. The molecule has 9 aromatic rings. The monoisotopic (exact) mass is 715 g/mol. The van der Waals surface area contributed by atoms with Gasteiger partial charge in [-0.15, -0.1) is 0 Å². The number of hydrogen-bond donors (Lipinski definition) is 0. The molecule has 0 fully saturated rings. The van der Waals surface area contributed by atoms with E-state index in [0.29, 0.717) is 0 Å². The second-order valence-corrected chi connectivity index (χ2v) is 15.4. The van der Waals surface area contributed by atoms with Gasteiger partial charge in [-0.25, -0.2) is 0 Å². The van der Waals surface area contributed by atoms with Crippen LogP contribution in [0, 0.1) is 0 Å². The number of anilines is 3. The van der Waals surface area contributed by atoms with Crippen molar-refractivity contribution in [1.29, 1.82) is 0 Å². The molecule has 0 radical (unpaired) electrons. The summed E-state index contributed by atoms with van der Waals surface area (Å²) in [5, 5.41) is 2.48. The van der Waals surface area contributed by atoms with Crippen LogP contribution in [0.15, 0.2) is 212 Å². The molecule has 266 valence electrons. The van der Waals surface area contributed by atoms with Gasteiger partial charge in [0, 0.05) is 22.4 Å². The van der Waals surface area contributed by atoms with Gasteiger partial charge in [0.2, 0.25) is 0 Å². The number of fused-ring (bicyclic) bond motifs is 4. The lowest BCUT2D eigenvalue weighted by Gasteiger charge is -2.29. The topological polar surface area (TPSA) is 3.24 Å². The summed E-state index contributed by atoms with van der Waals surface area (Å²) in [5.41, 5.74) is 18.3. The third-order valence-electron chi connectivity index (χ3n) is 11.7. The SMILES string of the molecule is CC1(C)c2ccccc2-c2cccc(-c3ccc(N(c4ccc(-c5ccccc5)cc4)c4cc(-c5ccc6ccccc6c5)ccc4-c4ccccc4)cc3)c21. The van der Waals surface area contributed by atoms with E-state index in [1.807, 2.05) is 0 Å². The van der Waals surface area contributed by atoms with Crippen LogP contribution in [0.4, 0.5) is 17.1 Å². The van der Waals surface area contributed by atoms with E-state index >= 15 is 0 Å². The van der Waals surface area contributed by atoms with Gasteiger partial charge in [0.05, 0.1) is 5.69 Å². The molecular weight excluding hydrogens is 675 g/mol. The van der Waals surface area contributed by atoms with Crippen LogP contribution in [-0.2, 0) is 5.41 Å². The number of hydrogen-bond acceptors (Lipinski definition) is 1. The number of rotatable bonds is 7. The first kappa shape index (κ1) is 33.6. The molecule has 0 spiro atoms. The van der Waals surface area contributed by atoms with E-state index < -0.39 is 0 Å². The van der Waals surface area contributed by atoms with Gasteiger partial charge in [0.1, 0.15) is 0 Å². The zero-order valence-corrected chi connectivity index (χ0v) is 31.7. The van der Waals surface area contributed by atoms with Crippen molar-refractivity contribution in [3.63, 3.8) is 0 Å². The zero-order valence-electron chi connectivity index (χ0n) is 31.7. The minimum atomic E-state index is -0.0957. The summed E-state index contributed by atoms with van der Waals surface area (Å²) in [4.78, 5) is 2.43. The molecule has 0 saturated carbocycles. The van der Waals surface area contributed by atoms with Gasteiger partial charge in [0.15, 0.2) is 0 Å². The summed E-state index contributed by atoms with van der Waals surface area (Å²) in [7, 11) is 0. The lowest BCUT2D eigenvalue weighted by Crippen LogP contribution is -2.16. The summed E-state index contributed by atoms with van der Waals surface area (Å²) in [6.45, 7) is 4.73. The van der Waals surface area contributed by atoms with Crippen LogP contribution in [-0.4, -0.2) is 0 Å². The molecular formula is C55H41N. The van der Waals surface area contributed by atoms with Crippen molar-refractivity contribution in [2.45, 2.75) is 19.3 Å². The maximum atomic E-state index is 2.43. The van der Waals surface area contributed by atoms with E-state index in [1.165, 1.54) is 77.5 Å². The molecule has 56 heavy (non-hydrogen) atoms. The third kappa shape index (κ3) is 5.81. The smallest absolute Gasteiger partial charge is 0.0546 e. The summed E-state index contributed by atoms with van der Waals surface area (Å²) in [5.74, 6) is 0. The average molecular weight is 716 g/mol. The summed E-state index contributed by atoms with van der Waals surface area (Å²) < 4.78 is 0. The summed E-state index contributed by atoms with van der Waals surface area (Å²) in [6.07, 6.45) is 0. The van der Waals surface area contributed by atoms with Gasteiger partial charge >= 0.3 is 0 Å². The van der Waals surface area contributed by atoms with Crippen molar-refractivity contribution in [2.75, 3.05) is 4.90 Å². The molecule has 1 nitrogen and oxygen atoms in total. The maximum absolute atomic E-state index is 2.43. The molecule has 1 aliphatic rings. The minimum Gasteiger partial charge on any atom is -0.310 e. The van der Waals surface area contributed by atoms with Crippen LogP contribution >= 0.6 is 0 Å². The standard InChI is InChI=1S/C55H41N/c1-55(2)52-23-12-11-20-50(52)51-22-13-21-49(54(51)55)42-28-33-47(34-29-42)56(46-31-26-40(27-32-46)38-14-5-3-6-15-38)53-37-45(30-35-48(53)41-17-7-4-8-18-41)44-25-24-39-16-9-10-19-43(39)36-44/h3-37H,1-2H3. The van der Waals surface area contributed by atoms with Crippen molar-refractivity contribution >= 4 is 27.8 Å². The molecule has 0 N–H and O–H groups in total. The Labute approximate surface area is 329 Å². The molecule has 0 bridgehead atoms. The van der Waals surface area contributed by atoms with E-state index in [0.717, 1.165) is 17.1 Å². The molecule has 0 amide bonds. The fourth-order valence-corrected chi connectivity index (χ4v) is 8.87. The minimum absolute atomic E-state index is 0.0957. The van der Waals surface area contributed by atoms with Crippen molar-refractivity contribution in [3.8, 4) is 55.6 Å². The highest BCUT2D eigenvalue weighted by atomic mass is 15.1. The first-order chi connectivity index (χ1) is 27.5. The van der Waals surface area contributed by atoms with Crippen molar-refractivity contribution in [1.82, 2.24) is 0 Å². The van der Waals surface area contributed by atoms with Crippen molar-refractivity contribution < 1.29 is 0 Å². The van der Waals surface area contributed by atoms with Crippen LogP contribution in [0.5, 0.6) is 0 Å². The summed E-state index contributed by atoms with van der Waals surface area (Å²) in [6, 6.07) is 77.6. The Morgan fingerprint density at radius 1 is 0.321 bits per heavy atom. The van der Waals surface area contributed by atoms with Crippen LogP contribution in [0.1, 0.15) is 25.0 Å². The number of nitrogens with zero attached hydrogens (tertiary/aromatic N) is 1. The lowest BCUT2D eigenvalue weighted by atomic mass is 9.79. The van der Waals surface area contributed by atoms with Gasteiger partial charge in [-0.05, 0) is 108 Å². The molecule has 0 unspecified atom stereocenters. The van der Waals surface area contributed by atoms with Gasteiger partial charge < -0.3 is 4.90 Å². The van der Waals surface area contributed by atoms with Gasteiger partial charge in [-0.1, -0.05) is 190 Å². The van der Waals surface area contributed by atoms with E-state index in [-0.39, 0.29) is 5.41 Å². The van der Waals surface area contributed by atoms with Gasteiger partial charge in [-0.3, -0.25) is 0 Å². The molecule has 1 aliphatic carbocycles. The third-order valence-corrected chi connectivity index (χ3v) is 11.7. The van der Waals surface area contributed by atoms with Crippen LogP contribution < -0.4 is 4.90 Å². The molecule has 9 aromatic carbocycles. The van der Waals surface area contributed by atoms with Crippen LogP contribution in [0.25, 0.3) is 66.4 Å². The Balaban J connectivity index is 1.14. The highest BCUT2D eigenvalue weighted by Crippen LogP contribution is 2.52. The Kier molecular flexibility index (Phi) is 8.23. The van der Waals surface area contributed by atoms with E-state index in [9.17, 15) is 0 Å². The predicted octanol–water partition coefficient (Wildman–Crippen LogP) is 15.3. The Bertz CT molecular complexity index is 2850. The largest absolute Gasteiger partial charge is 0.310 e. The molecule has 0 heterocycles. The fourth-order valence-electron chi connectivity index (χ4n) is 8.87. The quantitative estimate of drug-likeness (QED) is 0.159. The Morgan fingerprint density at radius 3 is 1.55 bits per heavy atom. The highest BCUT2D eigenvalue weighted by molar-refractivity contribution is 5.94. The Morgan fingerprint density at radius 2 is 0.821 bits per heavy atom. The van der Waals surface area contributed by atoms with Gasteiger partial charge in [0.25, 0.3) is 0 Å². The molecule has 0 saturated heterocycles. The lowest BCUT2D eigenvalue weighted by molar-refractivity contribution is 0.662. The fraction of sp³-hybridized carbons (Fsp3) is 0.0545. The first-order valence-corrected chi connectivity index (χ1v) is 19.5. The van der Waals surface area contributed by atoms with Crippen molar-refractivity contribution in [3.05, 3.63) is 223 Å². The number of benzene rings is 9. The molecule has 1 heteroatoms. The van der Waals surface area contributed by atoms with E-state index in [1.54, 1.807) is 0 Å². The average Bonchev–Trinajstić information content (AvgIpc) is 3.50. The molecule has 0 aromatic heterocycles. The van der Waals surface area contributed by atoms with Crippen LogP contribution in [0.3, 0.4) is 0 Å². The molecule has 0 atom stereocenters. The van der Waals surface area contributed by atoms with Crippen LogP contribution in [0.2, 0.25) is 0 Å². The van der Waals surface area contributed by atoms with E-state index in [4.69, 9.17) is 0 Å². The summed E-state index contributed by atoms with van der Waals surface area (Å²) >= 11 is 0. The van der Waals surface area contributed by atoms with Gasteiger partial charge in [-0.2, -0.15) is 0 Å². The second kappa shape index (κ2) is 13.7. The molecule has 0 aliphatic heterocycles. The predicted molar refractivity (Wildman–Crippen MR) is 238 cm³/mol. The maximum Gasteiger partial charge on any atom is 0.0546 e. The first-order valence-electron chi connectivity index (χ1n) is 19.5. The van der Waals surface area contributed by atoms with Crippen molar-refractivity contribution in [2.24, 2.45) is 0 Å². The molecule has 10 rings (SSSR count).